The fourth-order valence-electron chi connectivity index (χ4n) is 3.36. The second kappa shape index (κ2) is 9.67. The van der Waals surface area contributed by atoms with Crippen molar-refractivity contribution in [1.82, 2.24) is 0 Å². The van der Waals surface area contributed by atoms with Gasteiger partial charge in [0.1, 0.15) is 17.1 Å². The average Bonchev–Trinajstić information content (AvgIpc) is 2.78. The van der Waals surface area contributed by atoms with Gasteiger partial charge in [-0.05, 0) is 53.1 Å². The first kappa shape index (κ1) is 20.3. The van der Waals surface area contributed by atoms with Crippen LogP contribution in [0.1, 0.15) is 23.1 Å². The molecule has 0 saturated carbocycles. The van der Waals surface area contributed by atoms with Crippen molar-refractivity contribution in [2.75, 3.05) is 26.6 Å². The fraction of sp³-hybridized carbons (Fsp3) is 0.250. The highest BCUT2D eigenvalue weighted by molar-refractivity contribution is 7.80. The van der Waals surface area contributed by atoms with Crippen molar-refractivity contribution in [3.63, 3.8) is 0 Å². The molecule has 0 unspecified atom stereocenters. The monoisotopic (exact) mass is 394 g/mol. The van der Waals surface area contributed by atoms with Crippen LogP contribution in [-0.2, 0) is 10.3 Å². The summed E-state index contributed by atoms with van der Waals surface area (Å²) in [5, 5.41) is 0. The zero-order valence-electron chi connectivity index (χ0n) is 16.3. The highest BCUT2D eigenvalue weighted by Crippen LogP contribution is 2.41. The van der Waals surface area contributed by atoms with E-state index in [1.54, 1.807) is 14.2 Å². The molecule has 3 rings (SSSR count). The number of hydrogen-bond acceptors (Lipinski definition) is 4. The Morgan fingerprint density at radius 2 is 1.14 bits per heavy atom. The Balaban J connectivity index is 2.20. The minimum atomic E-state index is -0.733. The predicted molar refractivity (Wildman–Crippen MR) is 117 cm³/mol. The maximum Gasteiger partial charge on any atom is 0.143 e. The lowest BCUT2D eigenvalue weighted by Crippen LogP contribution is -2.33. The highest BCUT2D eigenvalue weighted by atomic mass is 32.1. The van der Waals surface area contributed by atoms with Gasteiger partial charge in [-0.2, -0.15) is 12.6 Å². The summed E-state index contributed by atoms with van der Waals surface area (Å²) >= 11 is 4.35. The molecule has 0 N–H and O–H groups in total. The smallest absolute Gasteiger partial charge is 0.143 e. The highest BCUT2D eigenvalue weighted by Gasteiger charge is 2.37. The van der Waals surface area contributed by atoms with Gasteiger partial charge >= 0.3 is 0 Å². The number of methoxy groups -OCH3 is 2. The first-order chi connectivity index (χ1) is 13.7. The van der Waals surface area contributed by atoms with Crippen molar-refractivity contribution >= 4 is 12.6 Å². The third-order valence-corrected chi connectivity index (χ3v) is 5.11. The molecule has 0 spiro atoms. The molecular formula is C24H26O3S. The van der Waals surface area contributed by atoms with Gasteiger partial charge in [-0.1, -0.05) is 54.6 Å². The Kier molecular flexibility index (Phi) is 7.01. The van der Waals surface area contributed by atoms with Gasteiger partial charge in [0, 0.05) is 6.61 Å². The second-order valence-corrected chi connectivity index (χ2v) is 6.88. The molecule has 4 heteroatoms. The third kappa shape index (κ3) is 4.18. The van der Waals surface area contributed by atoms with E-state index in [4.69, 9.17) is 14.2 Å². The molecule has 0 heterocycles. The minimum absolute atomic E-state index is 0.594. The summed E-state index contributed by atoms with van der Waals surface area (Å²) in [5.74, 6) is 2.41. The van der Waals surface area contributed by atoms with Crippen LogP contribution in [-0.4, -0.2) is 26.6 Å². The molecule has 146 valence electrons. The average molecular weight is 395 g/mol. The largest absolute Gasteiger partial charge is 0.497 e. The van der Waals surface area contributed by atoms with E-state index < -0.39 is 5.60 Å². The third-order valence-electron chi connectivity index (χ3n) is 4.79. The molecule has 28 heavy (non-hydrogen) atoms. The van der Waals surface area contributed by atoms with E-state index >= 15 is 0 Å². The van der Waals surface area contributed by atoms with Crippen LogP contribution in [0.2, 0.25) is 0 Å². The number of benzene rings is 3. The Labute approximate surface area is 172 Å². The summed E-state index contributed by atoms with van der Waals surface area (Å²) in [5.41, 5.74) is 2.43. The Bertz CT molecular complexity index is 798. The summed E-state index contributed by atoms with van der Waals surface area (Å²) in [6, 6.07) is 26.5. The van der Waals surface area contributed by atoms with Crippen LogP contribution < -0.4 is 9.47 Å². The molecule has 0 saturated heterocycles. The van der Waals surface area contributed by atoms with Gasteiger partial charge in [-0.25, -0.2) is 0 Å². The van der Waals surface area contributed by atoms with E-state index in [0.717, 1.165) is 40.4 Å². The van der Waals surface area contributed by atoms with Gasteiger partial charge in [0.05, 0.1) is 14.2 Å². The van der Waals surface area contributed by atoms with Crippen LogP contribution in [0, 0.1) is 0 Å². The van der Waals surface area contributed by atoms with E-state index in [1.807, 2.05) is 42.5 Å². The Morgan fingerprint density at radius 3 is 1.57 bits per heavy atom. The van der Waals surface area contributed by atoms with Crippen LogP contribution in [0.5, 0.6) is 11.5 Å². The lowest BCUT2D eigenvalue weighted by molar-refractivity contribution is 0.0137. The number of hydrogen-bond donors (Lipinski definition) is 1. The topological polar surface area (TPSA) is 27.7 Å². The molecule has 0 amide bonds. The molecule has 0 aliphatic rings. The van der Waals surface area contributed by atoms with Crippen molar-refractivity contribution in [3.8, 4) is 11.5 Å². The summed E-state index contributed by atoms with van der Waals surface area (Å²) in [4.78, 5) is 0. The standard InChI is InChI=1S/C24H26O3S/c1-25-22-13-9-20(10-14-22)24(27-17-6-18-28,19-7-4-3-5-8-19)21-11-15-23(26-2)16-12-21/h3-5,7-16,28H,6,17-18H2,1-2H3. The van der Waals surface area contributed by atoms with E-state index in [0.29, 0.717) is 6.61 Å². The molecule has 3 aromatic rings. The maximum absolute atomic E-state index is 6.64. The van der Waals surface area contributed by atoms with Crippen LogP contribution in [0.25, 0.3) is 0 Å². The van der Waals surface area contributed by atoms with Crippen LogP contribution in [0.15, 0.2) is 78.9 Å². The van der Waals surface area contributed by atoms with Crippen molar-refractivity contribution < 1.29 is 14.2 Å². The first-order valence-electron chi connectivity index (χ1n) is 9.34. The van der Waals surface area contributed by atoms with Crippen molar-refractivity contribution in [3.05, 3.63) is 95.6 Å². The first-order valence-corrected chi connectivity index (χ1v) is 9.97. The van der Waals surface area contributed by atoms with Crippen molar-refractivity contribution in [2.45, 2.75) is 12.0 Å². The molecular weight excluding hydrogens is 368 g/mol. The lowest BCUT2D eigenvalue weighted by Gasteiger charge is -2.36. The maximum atomic E-state index is 6.64. The van der Waals surface area contributed by atoms with E-state index in [2.05, 4.69) is 49.0 Å². The lowest BCUT2D eigenvalue weighted by atomic mass is 9.80. The van der Waals surface area contributed by atoms with Gasteiger partial charge in [0.2, 0.25) is 0 Å². The molecule has 0 fully saturated rings. The quantitative estimate of drug-likeness (QED) is 0.302. The summed E-state index contributed by atoms with van der Waals surface area (Å²) in [6.45, 7) is 0.594. The van der Waals surface area contributed by atoms with Crippen LogP contribution in [0.4, 0.5) is 0 Å². The molecule has 0 bridgehead atoms. The van der Waals surface area contributed by atoms with Gasteiger partial charge < -0.3 is 14.2 Å². The molecule has 3 aromatic carbocycles. The molecule has 0 aliphatic heterocycles. The molecule has 0 radical (unpaired) electrons. The normalized spacial score (nSPS) is 11.2. The van der Waals surface area contributed by atoms with Gasteiger partial charge in [-0.3, -0.25) is 0 Å². The van der Waals surface area contributed by atoms with Crippen LogP contribution >= 0.6 is 12.6 Å². The van der Waals surface area contributed by atoms with Gasteiger partial charge in [0.15, 0.2) is 0 Å². The SMILES string of the molecule is COc1ccc(C(OCCCS)(c2ccccc2)c2ccc(OC)cc2)cc1. The Hall–Kier alpha value is -2.43. The van der Waals surface area contributed by atoms with E-state index in [-0.39, 0.29) is 0 Å². The van der Waals surface area contributed by atoms with Crippen LogP contribution in [0.3, 0.4) is 0 Å². The summed E-state index contributed by atoms with van der Waals surface area (Å²) in [7, 11) is 3.35. The number of rotatable bonds is 9. The second-order valence-electron chi connectivity index (χ2n) is 6.43. The summed E-state index contributed by atoms with van der Waals surface area (Å²) < 4.78 is 17.4. The van der Waals surface area contributed by atoms with Gasteiger partial charge in [0.25, 0.3) is 0 Å². The molecule has 0 aliphatic carbocycles. The fourth-order valence-corrected chi connectivity index (χ4v) is 3.49. The molecule has 0 aromatic heterocycles. The minimum Gasteiger partial charge on any atom is -0.497 e. The Morgan fingerprint density at radius 1 is 0.679 bits per heavy atom. The van der Waals surface area contributed by atoms with Gasteiger partial charge in [-0.15, -0.1) is 0 Å². The number of thiol groups is 1. The van der Waals surface area contributed by atoms with E-state index in [1.165, 1.54) is 0 Å². The summed E-state index contributed by atoms with van der Waals surface area (Å²) in [6.07, 6.45) is 0.865. The van der Waals surface area contributed by atoms with Crippen molar-refractivity contribution in [1.29, 1.82) is 0 Å². The molecule has 3 nitrogen and oxygen atoms in total. The molecule has 0 atom stereocenters. The number of ether oxygens (including phenoxy) is 3. The zero-order valence-corrected chi connectivity index (χ0v) is 17.2. The predicted octanol–water partition coefficient (Wildman–Crippen LogP) is 5.33. The van der Waals surface area contributed by atoms with E-state index in [9.17, 15) is 0 Å². The van der Waals surface area contributed by atoms with Crippen molar-refractivity contribution in [2.24, 2.45) is 0 Å². The zero-order chi connectivity index (χ0) is 19.8.